The SMILES string of the molecule is CC1COC(c2cc(F)c(C(F)(F)Oc3cc(F)c(OCCF)c(F)c3)c(F)c2)OC1. The van der Waals surface area contributed by atoms with E-state index < -0.39 is 66.0 Å². The van der Waals surface area contributed by atoms with Crippen molar-refractivity contribution in [3.8, 4) is 11.5 Å². The number of halogens is 7. The van der Waals surface area contributed by atoms with Crippen LogP contribution in [0.3, 0.4) is 0 Å². The Bertz CT molecular complexity index is 884. The molecule has 31 heavy (non-hydrogen) atoms. The summed E-state index contributed by atoms with van der Waals surface area (Å²) < 4.78 is 117. The normalized spacial score (nSPS) is 19.4. The molecule has 2 aromatic rings. The molecule has 11 heteroatoms. The standard InChI is InChI=1S/C20H17F7O4/c1-10-8-29-19(30-9-10)11-4-13(22)17(14(23)5-11)20(26,27)31-12-6-15(24)18(16(25)7-12)28-3-2-21/h4-7,10,19H,2-3,8-9H2,1H3. The lowest BCUT2D eigenvalue weighted by atomic mass is 10.1. The lowest BCUT2D eigenvalue weighted by Gasteiger charge is -2.28. The minimum atomic E-state index is -4.63. The van der Waals surface area contributed by atoms with Gasteiger partial charge in [0, 0.05) is 23.6 Å². The quantitative estimate of drug-likeness (QED) is 0.525. The van der Waals surface area contributed by atoms with Gasteiger partial charge in [-0.3, -0.25) is 0 Å². The lowest BCUT2D eigenvalue weighted by molar-refractivity contribution is -0.203. The third-order valence-electron chi connectivity index (χ3n) is 4.23. The molecule has 170 valence electrons. The largest absolute Gasteiger partial charge is 0.485 e. The maximum atomic E-state index is 14.5. The zero-order valence-corrected chi connectivity index (χ0v) is 16.1. The van der Waals surface area contributed by atoms with E-state index in [-0.39, 0.29) is 24.7 Å². The fourth-order valence-electron chi connectivity index (χ4n) is 2.87. The van der Waals surface area contributed by atoms with E-state index in [1.54, 1.807) is 0 Å². The molecule has 0 atom stereocenters. The van der Waals surface area contributed by atoms with Crippen molar-refractivity contribution in [3.05, 3.63) is 58.7 Å². The monoisotopic (exact) mass is 454 g/mol. The summed E-state index contributed by atoms with van der Waals surface area (Å²) in [6.45, 7) is 0.609. The van der Waals surface area contributed by atoms with Crippen molar-refractivity contribution in [1.29, 1.82) is 0 Å². The molecule has 4 nitrogen and oxygen atoms in total. The van der Waals surface area contributed by atoms with Crippen molar-refractivity contribution < 1.29 is 49.7 Å². The Morgan fingerprint density at radius 1 is 0.935 bits per heavy atom. The summed E-state index contributed by atoms with van der Waals surface area (Å²) in [6, 6.07) is 1.84. The number of alkyl halides is 3. The second-order valence-electron chi connectivity index (χ2n) is 6.84. The minimum absolute atomic E-state index is 0.0532. The molecule has 3 rings (SSSR count). The van der Waals surface area contributed by atoms with Gasteiger partial charge in [-0.1, -0.05) is 6.92 Å². The summed E-state index contributed by atoms with van der Waals surface area (Å²) in [5.41, 5.74) is -1.92. The first-order valence-corrected chi connectivity index (χ1v) is 9.09. The van der Waals surface area contributed by atoms with Gasteiger partial charge >= 0.3 is 6.11 Å². The molecule has 0 aliphatic carbocycles. The van der Waals surface area contributed by atoms with Gasteiger partial charge in [-0.2, -0.15) is 8.78 Å². The van der Waals surface area contributed by atoms with Crippen molar-refractivity contribution in [1.82, 2.24) is 0 Å². The number of hydrogen-bond acceptors (Lipinski definition) is 4. The van der Waals surface area contributed by atoms with Crippen LogP contribution in [0.2, 0.25) is 0 Å². The molecular weight excluding hydrogens is 437 g/mol. The molecule has 2 aromatic carbocycles. The third kappa shape index (κ3) is 5.21. The zero-order chi connectivity index (χ0) is 22.8. The van der Waals surface area contributed by atoms with Crippen molar-refractivity contribution in [3.63, 3.8) is 0 Å². The highest BCUT2D eigenvalue weighted by Crippen LogP contribution is 2.38. The number of benzene rings is 2. The summed E-state index contributed by atoms with van der Waals surface area (Å²) in [6.07, 6.45) is -5.76. The van der Waals surface area contributed by atoms with Crippen LogP contribution in [-0.4, -0.2) is 26.5 Å². The van der Waals surface area contributed by atoms with Crippen molar-refractivity contribution >= 4 is 0 Å². The molecule has 0 bridgehead atoms. The zero-order valence-electron chi connectivity index (χ0n) is 16.1. The Balaban J connectivity index is 1.85. The van der Waals surface area contributed by atoms with Crippen LogP contribution in [0.5, 0.6) is 11.5 Å². The van der Waals surface area contributed by atoms with Gasteiger partial charge in [0.1, 0.15) is 36.2 Å². The average Bonchev–Trinajstić information content (AvgIpc) is 2.66. The van der Waals surface area contributed by atoms with Crippen molar-refractivity contribution in [2.45, 2.75) is 19.3 Å². The smallest absolute Gasteiger partial charge is 0.432 e. The van der Waals surface area contributed by atoms with Gasteiger partial charge in [0.15, 0.2) is 23.7 Å². The van der Waals surface area contributed by atoms with Gasteiger partial charge in [-0.05, 0) is 12.1 Å². The minimum Gasteiger partial charge on any atom is -0.485 e. The van der Waals surface area contributed by atoms with E-state index >= 15 is 0 Å². The fourth-order valence-corrected chi connectivity index (χ4v) is 2.87. The first-order chi connectivity index (χ1) is 14.6. The highest BCUT2D eigenvalue weighted by atomic mass is 19.3. The molecule has 1 fully saturated rings. The summed E-state index contributed by atoms with van der Waals surface area (Å²) >= 11 is 0. The lowest BCUT2D eigenvalue weighted by Crippen LogP contribution is -2.27. The number of ether oxygens (including phenoxy) is 4. The van der Waals surface area contributed by atoms with E-state index in [9.17, 15) is 30.7 Å². The molecular formula is C20H17F7O4. The van der Waals surface area contributed by atoms with Crippen LogP contribution in [0.1, 0.15) is 24.3 Å². The van der Waals surface area contributed by atoms with Crippen LogP contribution in [0.4, 0.5) is 30.7 Å². The van der Waals surface area contributed by atoms with Crippen LogP contribution in [0.25, 0.3) is 0 Å². The molecule has 1 aliphatic rings. The number of rotatable bonds is 7. The Hall–Kier alpha value is -2.53. The third-order valence-corrected chi connectivity index (χ3v) is 4.23. The Morgan fingerprint density at radius 2 is 1.48 bits per heavy atom. The molecule has 0 unspecified atom stereocenters. The fraction of sp³-hybridized carbons (Fsp3) is 0.400. The van der Waals surface area contributed by atoms with Gasteiger partial charge in [0.25, 0.3) is 0 Å². The van der Waals surface area contributed by atoms with E-state index in [0.717, 1.165) is 0 Å². The predicted octanol–water partition coefficient (Wildman–Crippen LogP) is 5.40. The van der Waals surface area contributed by atoms with E-state index in [1.807, 2.05) is 6.92 Å². The molecule has 1 heterocycles. The maximum absolute atomic E-state index is 14.5. The summed E-state index contributed by atoms with van der Waals surface area (Å²) in [4.78, 5) is 0. The van der Waals surface area contributed by atoms with Crippen molar-refractivity contribution in [2.75, 3.05) is 26.5 Å². The van der Waals surface area contributed by atoms with Gasteiger partial charge in [-0.25, -0.2) is 22.0 Å². The first-order valence-electron chi connectivity index (χ1n) is 9.09. The van der Waals surface area contributed by atoms with Crippen LogP contribution >= 0.6 is 0 Å². The molecule has 1 saturated heterocycles. The number of hydrogen-bond donors (Lipinski definition) is 0. The average molecular weight is 454 g/mol. The molecule has 0 saturated carbocycles. The van der Waals surface area contributed by atoms with E-state index in [1.165, 1.54) is 0 Å². The van der Waals surface area contributed by atoms with E-state index in [2.05, 4.69) is 9.47 Å². The second kappa shape index (κ2) is 9.31. The van der Waals surface area contributed by atoms with Gasteiger partial charge in [0.05, 0.1) is 13.2 Å². The molecule has 0 N–H and O–H groups in total. The molecule has 0 aromatic heterocycles. The molecule has 0 radical (unpaired) electrons. The van der Waals surface area contributed by atoms with Crippen LogP contribution < -0.4 is 9.47 Å². The maximum Gasteiger partial charge on any atom is 0.432 e. The summed E-state index contributed by atoms with van der Waals surface area (Å²) in [7, 11) is 0. The van der Waals surface area contributed by atoms with E-state index in [0.29, 0.717) is 24.3 Å². The summed E-state index contributed by atoms with van der Waals surface area (Å²) in [5.74, 6) is -8.28. The second-order valence-corrected chi connectivity index (χ2v) is 6.84. The van der Waals surface area contributed by atoms with E-state index in [4.69, 9.17) is 9.47 Å². The Morgan fingerprint density at radius 3 is 2.00 bits per heavy atom. The molecule has 1 aliphatic heterocycles. The van der Waals surface area contributed by atoms with Crippen molar-refractivity contribution in [2.24, 2.45) is 5.92 Å². The first kappa shape index (κ1) is 23.1. The summed E-state index contributed by atoms with van der Waals surface area (Å²) in [5, 5.41) is 0. The highest BCUT2D eigenvalue weighted by molar-refractivity contribution is 5.36. The van der Waals surface area contributed by atoms with Crippen LogP contribution in [-0.2, 0) is 15.6 Å². The predicted molar refractivity (Wildman–Crippen MR) is 92.5 cm³/mol. The Kier molecular flexibility index (Phi) is 6.95. The molecule has 0 amide bonds. The highest BCUT2D eigenvalue weighted by Gasteiger charge is 2.42. The van der Waals surface area contributed by atoms with Crippen LogP contribution in [0, 0.1) is 29.2 Å². The van der Waals surface area contributed by atoms with Crippen LogP contribution in [0.15, 0.2) is 24.3 Å². The van der Waals surface area contributed by atoms with Gasteiger partial charge in [-0.15, -0.1) is 0 Å². The topological polar surface area (TPSA) is 36.9 Å². The van der Waals surface area contributed by atoms with Gasteiger partial charge < -0.3 is 18.9 Å². The Labute approximate surface area is 172 Å². The molecule has 0 spiro atoms. The van der Waals surface area contributed by atoms with Gasteiger partial charge in [0.2, 0.25) is 0 Å².